The first-order valence-corrected chi connectivity index (χ1v) is 11.7. The third kappa shape index (κ3) is 8.98. The Kier molecular flexibility index (Phi) is 10.6. The molecule has 2 aromatic carbocycles. The van der Waals surface area contributed by atoms with Crippen molar-refractivity contribution in [3.05, 3.63) is 70.8 Å². The Balaban J connectivity index is 0.000000696. The zero-order chi connectivity index (χ0) is 24.3. The molecule has 0 radical (unpaired) electrons. The van der Waals surface area contributed by atoms with Gasteiger partial charge in [0.15, 0.2) is 0 Å². The summed E-state index contributed by atoms with van der Waals surface area (Å²) in [5, 5.41) is 3.51. The fourth-order valence-corrected chi connectivity index (χ4v) is 3.66. The first-order valence-electron chi connectivity index (χ1n) is 11.7. The maximum absolute atomic E-state index is 12.8. The molecule has 2 aromatic rings. The zero-order valence-electron chi connectivity index (χ0n) is 20.8. The van der Waals surface area contributed by atoms with E-state index in [-0.39, 0.29) is 12.1 Å². The van der Waals surface area contributed by atoms with Crippen molar-refractivity contribution >= 4 is 12.3 Å². The van der Waals surface area contributed by atoms with Gasteiger partial charge in [0.1, 0.15) is 5.60 Å². The van der Waals surface area contributed by atoms with Crippen LogP contribution in [0.4, 0.5) is 4.79 Å². The summed E-state index contributed by atoms with van der Waals surface area (Å²) in [7, 11) is 1.78. The van der Waals surface area contributed by atoms with Gasteiger partial charge in [0, 0.05) is 33.2 Å². The monoisotopic (exact) mass is 452 g/mol. The van der Waals surface area contributed by atoms with Crippen LogP contribution in [-0.2, 0) is 30.8 Å². The van der Waals surface area contributed by atoms with Gasteiger partial charge in [0.05, 0.1) is 6.04 Å². The van der Waals surface area contributed by atoms with Crippen LogP contribution in [-0.4, -0.2) is 42.4 Å². The standard InChI is InChI=1S/C23H31N3O2.C4H9N/c1-23(2,3)28-22(27)26-16-20-7-5-4-6-19(20)12-21(26)15-25-14-18-10-8-17(13-24)9-11-18;1-3-4-5-2/h4-11,21,25H,12-16,24H2,1-3H3;4H,3H2,1-2H3. The Bertz CT molecular complexity index is 888. The number of amides is 1. The van der Waals surface area contributed by atoms with E-state index in [4.69, 9.17) is 10.5 Å². The van der Waals surface area contributed by atoms with Crippen LogP contribution in [0.3, 0.4) is 0 Å². The molecule has 1 aliphatic rings. The summed E-state index contributed by atoms with van der Waals surface area (Å²) in [6.45, 7) is 10.4. The van der Waals surface area contributed by atoms with Gasteiger partial charge in [0.2, 0.25) is 0 Å². The smallest absolute Gasteiger partial charge is 0.410 e. The number of aliphatic imine (C=N–C) groups is 1. The summed E-state index contributed by atoms with van der Waals surface area (Å²) >= 11 is 0. The summed E-state index contributed by atoms with van der Waals surface area (Å²) in [5.41, 5.74) is 9.99. The third-order valence-electron chi connectivity index (χ3n) is 5.32. The molecular formula is C27H40N4O2. The largest absolute Gasteiger partial charge is 0.444 e. The van der Waals surface area contributed by atoms with Gasteiger partial charge in [-0.2, -0.15) is 0 Å². The number of hydrogen-bond donors (Lipinski definition) is 2. The second-order valence-electron chi connectivity index (χ2n) is 9.24. The molecule has 1 unspecified atom stereocenters. The summed E-state index contributed by atoms with van der Waals surface area (Å²) in [4.78, 5) is 18.4. The number of benzene rings is 2. The second-order valence-corrected chi connectivity index (χ2v) is 9.24. The number of carbonyl (C=O) groups is 1. The molecule has 1 atom stereocenters. The minimum atomic E-state index is -0.503. The topological polar surface area (TPSA) is 80.0 Å². The van der Waals surface area contributed by atoms with E-state index in [9.17, 15) is 4.79 Å². The lowest BCUT2D eigenvalue weighted by molar-refractivity contribution is 0.0119. The summed E-state index contributed by atoms with van der Waals surface area (Å²) in [6.07, 6.45) is 3.51. The van der Waals surface area contributed by atoms with Crippen molar-refractivity contribution in [2.75, 3.05) is 13.6 Å². The quantitative estimate of drug-likeness (QED) is 0.623. The third-order valence-corrected chi connectivity index (χ3v) is 5.32. The van der Waals surface area contributed by atoms with E-state index in [1.807, 2.05) is 38.0 Å². The molecule has 0 spiro atoms. The van der Waals surface area contributed by atoms with Gasteiger partial charge in [-0.1, -0.05) is 55.5 Å². The number of nitrogens with zero attached hydrogens (tertiary/aromatic N) is 2. The number of ether oxygens (including phenoxy) is 1. The SMILES string of the molecule is CC(C)(C)OC(=O)N1Cc2ccccc2CC1CNCc1ccc(CN)cc1.CCC=NC. The molecule has 6 heteroatoms. The van der Waals surface area contributed by atoms with E-state index >= 15 is 0 Å². The Labute approximate surface area is 199 Å². The van der Waals surface area contributed by atoms with Crippen molar-refractivity contribution in [3.63, 3.8) is 0 Å². The molecule has 3 N–H and O–H groups in total. The molecule has 33 heavy (non-hydrogen) atoms. The van der Waals surface area contributed by atoms with Gasteiger partial charge < -0.3 is 20.8 Å². The fourth-order valence-electron chi connectivity index (χ4n) is 3.66. The van der Waals surface area contributed by atoms with Crippen LogP contribution >= 0.6 is 0 Å². The Hall–Kier alpha value is -2.70. The minimum absolute atomic E-state index is 0.0630. The van der Waals surface area contributed by atoms with Crippen molar-refractivity contribution in [1.82, 2.24) is 10.2 Å². The maximum atomic E-state index is 12.8. The van der Waals surface area contributed by atoms with Crippen LogP contribution in [0.25, 0.3) is 0 Å². The molecule has 0 saturated heterocycles. The number of hydrogen-bond acceptors (Lipinski definition) is 5. The lowest BCUT2D eigenvalue weighted by Crippen LogP contribution is -2.50. The van der Waals surface area contributed by atoms with Gasteiger partial charge in [-0.05, 0) is 62.1 Å². The van der Waals surface area contributed by atoms with Crippen LogP contribution in [0.2, 0.25) is 0 Å². The summed E-state index contributed by atoms with van der Waals surface area (Å²) in [6, 6.07) is 16.7. The predicted octanol–water partition coefficient (Wildman–Crippen LogP) is 4.69. The van der Waals surface area contributed by atoms with E-state index in [2.05, 4.69) is 59.7 Å². The van der Waals surface area contributed by atoms with Gasteiger partial charge in [0.25, 0.3) is 0 Å². The Morgan fingerprint density at radius 2 is 1.79 bits per heavy atom. The maximum Gasteiger partial charge on any atom is 0.410 e. The zero-order valence-corrected chi connectivity index (χ0v) is 20.8. The number of nitrogens with one attached hydrogen (secondary N) is 1. The molecule has 1 heterocycles. The van der Waals surface area contributed by atoms with E-state index < -0.39 is 5.60 Å². The van der Waals surface area contributed by atoms with Crippen molar-refractivity contribution in [1.29, 1.82) is 0 Å². The van der Waals surface area contributed by atoms with Crippen molar-refractivity contribution in [3.8, 4) is 0 Å². The number of fused-ring (bicyclic) bond motifs is 1. The average Bonchev–Trinajstić information content (AvgIpc) is 2.79. The highest BCUT2D eigenvalue weighted by Gasteiger charge is 2.32. The van der Waals surface area contributed by atoms with E-state index in [1.165, 1.54) is 16.7 Å². The van der Waals surface area contributed by atoms with Gasteiger partial charge in [-0.25, -0.2) is 4.79 Å². The second kappa shape index (κ2) is 13.1. The number of rotatable bonds is 6. The van der Waals surface area contributed by atoms with Crippen LogP contribution in [0.5, 0.6) is 0 Å². The predicted molar refractivity (Wildman–Crippen MR) is 136 cm³/mol. The van der Waals surface area contributed by atoms with Gasteiger partial charge >= 0.3 is 6.09 Å². The average molecular weight is 453 g/mol. The van der Waals surface area contributed by atoms with Crippen LogP contribution in [0, 0.1) is 0 Å². The fraction of sp³-hybridized carbons (Fsp3) is 0.481. The molecule has 1 amide bonds. The minimum Gasteiger partial charge on any atom is -0.444 e. The van der Waals surface area contributed by atoms with E-state index in [0.29, 0.717) is 19.6 Å². The van der Waals surface area contributed by atoms with Gasteiger partial charge in [-0.15, -0.1) is 0 Å². The van der Waals surface area contributed by atoms with Crippen molar-refractivity contribution < 1.29 is 9.53 Å². The first kappa shape index (κ1) is 26.6. The number of carbonyl (C=O) groups excluding carboxylic acids is 1. The van der Waals surface area contributed by atoms with Crippen molar-refractivity contribution in [2.45, 2.75) is 71.8 Å². The van der Waals surface area contributed by atoms with Crippen LogP contribution < -0.4 is 11.1 Å². The normalized spacial score (nSPS) is 15.6. The molecule has 0 aromatic heterocycles. The van der Waals surface area contributed by atoms with Crippen molar-refractivity contribution in [2.24, 2.45) is 10.7 Å². The summed E-state index contributed by atoms with van der Waals surface area (Å²) in [5.74, 6) is 0. The highest BCUT2D eigenvalue weighted by Crippen LogP contribution is 2.25. The Morgan fingerprint density at radius 3 is 2.33 bits per heavy atom. The molecule has 6 nitrogen and oxygen atoms in total. The van der Waals surface area contributed by atoms with Gasteiger partial charge in [-0.3, -0.25) is 4.90 Å². The first-order chi connectivity index (χ1) is 15.8. The molecule has 180 valence electrons. The van der Waals surface area contributed by atoms with E-state index in [0.717, 1.165) is 24.9 Å². The lowest BCUT2D eigenvalue weighted by atomic mass is 9.94. The molecule has 0 bridgehead atoms. The molecule has 0 aliphatic carbocycles. The Morgan fingerprint density at radius 1 is 1.15 bits per heavy atom. The van der Waals surface area contributed by atoms with Crippen LogP contribution in [0.15, 0.2) is 53.5 Å². The molecule has 0 saturated carbocycles. The number of nitrogens with two attached hydrogens (primary N) is 1. The lowest BCUT2D eigenvalue weighted by Gasteiger charge is -2.38. The highest BCUT2D eigenvalue weighted by atomic mass is 16.6. The molecule has 3 rings (SSSR count). The highest BCUT2D eigenvalue weighted by molar-refractivity contribution is 5.69. The van der Waals surface area contributed by atoms with E-state index in [1.54, 1.807) is 7.05 Å². The molecular weight excluding hydrogens is 412 g/mol. The molecule has 0 fully saturated rings. The van der Waals surface area contributed by atoms with Crippen LogP contribution in [0.1, 0.15) is 56.4 Å². The molecule has 1 aliphatic heterocycles. The summed E-state index contributed by atoms with van der Waals surface area (Å²) < 4.78 is 5.66.